The zero-order valence-corrected chi connectivity index (χ0v) is 20.9. The predicted octanol–water partition coefficient (Wildman–Crippen LogP) is 7.37. The Bertz CT molecular complexity index is 1570. The molecule has 0 saturated heterocycles. The summed E-state index contributed by atoms with van der Waals surface area (Å²) in [6, 6.07) is 19.5. The number of methoxy groups -OCH3 is 1. The van der Waals surface area contributed by atoms with Crippen molar-refractivity contribution in [2.45, 2.75) is 20.3 Å². The van der Waals surface area contributed by atoms with E-state index in [1.54, 1.807) is 25.6 Å². The minimum atomic E-state index is -0.853. The van der Waals surface area contributed by atoms with Gasteiger partial charge in [0.2, 0.25) is 0 Å². The van der Waals surface area contributed by atoms with E-state index in [2.05, 4.69) is 9.88 Å². The molecule has 1 aliphatic rings. The van der Waals surface area contributed by atoms with Crippen LogP contribution in [0, 0.1) is 11.6 Å². The van der Waals surface area contributed by atoms with Crippen molar-refractivity contribution in [3.63, 3.8) is 0 Å². The second kappa shape index (κ2) is 10.3. The normalized spacial score (nSPS) is 12.2. The SMILES string of the molecule is CC.COc1ccc2nc(-c3cccnc3)nc(N3CCc4cc(-c5cccc(F)c5F)ccc43)c2c1. The summed E-state index contributed by atoms with van der Waals surface area (Å²) < 4.78 is 33.7. The van der Waals surface area contributed by atoms with E-state index in [0.29, 0.717) is 23.7 Å². The van der Waals surface area contributed by atoms with Gasteiger partial charge in [-0.25, -0.2) is 18.7 Å². The number of benzene rings is 3. The van der Waals surface area contributed by atoms with Crippen LogP contribution in [0.3, 0.4) is 0 Å². The number of pyridine rings is 1. The first-order valence-corrected chi connectivity index (χ1v) is 12.2. The van der Waals surface area contributed by atoms with Crippen molar-refractivity contribution in [3.05, 3.63) is 96.3 Å². The van der Waals surface area contributed by atoms with E-state index in [0.717, 1.165) is 46.0 Å². The summed E-state index contributed by atoms with van der Waals surface area (Å²) >= 11 is 0. The highest BCUT2D eigenvalue weighted by Gasteiger charge is 2.25. The highest BCUT2D eigenvalue weighted by atomic mass is 19.2. The van der Waals surface area contributed by atoms with E-state index in [1.165, 1.54) is 6.07 Å². The molecule has 5 aromatic rings. The number of anilines is 2. The molecule has 0 radical (unpaired) electrons. The van der Waals surface area contributed by atoms with Crippen LogP contribution < -0.4 is 9.64 Å². The third-order valence-corrected chi connectivity index (χ3v) is 6.30. The Morgan fingerprint density at radius 2 is 1.76 bits per heavy atom. The second-order valence-corrected chi connectivity index (χ2v) is 8.34. The fourth-order valence-corrected chi connectivity index (χ4v) is 4.56. The van der Waals surface area contributed by atoms with Gasteiger partial charge in [-0.2, -0.15) is 0 Å². The number of aromatic nitrogens is 3. The maximum absolute atomic E-state index is 14.4. The zero-order chi connectivity index (χ0) is 25.9. The molecule has 37 heavy (non-hydrogen) atoms. The van der Waals surface area contributed by atoms with Crippen molar-refractivity contribution in [1.82, 2.24) is 15.0 Å². The van der Waals surface area contributed by atoms with Gasteiger partial charge in [0.1, 0.15) is 11.6 Å². The minimum absolute atomic E-state index is 0.252. The summed E-state index contributed by atoms with van der Waals surface area (Å²) in [6.45, 7) is 4.69. The third kappa shape index (κ3) is 4.48. The second-order valence-electron chi connectivity index (χ2n) is 8.34. The molecule has 0 unspecified atom stereocenters. The molecule has 0 bridgehead atoms. The van der Waals surface area contributed by atoms with Gasteiger partial charge >= 0.3 is 0 Å². The van der Waals surface area contributed by atoms with Crippen LogP contribution in [0.1, 0.15) is 19.4 Å². The highest BCUT2D eigenvalue weighted by Crippen LogP contribution is 2.40. The molecule has 2 aromatic heterocycles. The smallest absolute Gasteiger partial charge is 0.166 e. The molecule has 6 rings (SSSR count). The monoisotopic (exact) mass is 496 g/mol. The lowest BCUT2D eigenvalue weighted by Gasteiger charge is -2.21. The Morgan fingerprint density at radius 3 is 2.54 bits per heavy atom. The molecular weight excluding hydrogens is 470 g/mol. The molecule has 0 spiro atoms. The maximum Gasteiger partial charge on any atom is 0.166 e. The Balaban J connectivity index is 0.00000137. The quantitative estimate of drug-likeness (QED) is 0.260. The van der Waals surface area contributed by atoms with Crippen LogP contribution in [0.4, 0.5) is 20.3 Å². The molecule has 0 aliphatic carbocycles. The van der Waals surface area contributed by atoms with Crippen molar-refractivity contribution in [3.8, 4) is 28.3 Å². The van der Waals surface area contributed by atoms with E-state index in [1.807, 2.05) is 62.4 Å². The van der Waals surface area contributed by atoms with Crippen LogP contribution in [0.15, 0.2) is 79.1 Å². The van der Waals surface area contributed by atoms with E-state index in [-0.39, 0.29) is 5.56 Å². The minimum Gasteiger partial charge on any atom is -0.497 e. The van der Waals surface area contributed by atoms with Crippen LogP contribution in [0.25, 0.3) is 33.4 Å². The molecule has 0 amide bonds. The van der Waals surface area contributed by atoms with Crippen molar-refractivity contribution < 1.29 is 13.5 Å². The summed E-state index contributed by atoms with van der Waals surface area (Å²) in [5.41, 5.74) is 4.54. The predicted molar refractivity (Wildman–Crippen MR) is 143 cm³/mol. The van der Waals surface area contributed by atoms with Crippen LogP contribution in [-0.2, 0) is 6.42 Å². The van der Waals surface area contributed by atoms with Crippen LogP contribution >= 0.6 is 0 Å². The molecule has 1 aliphatic heterocycles. The first-order chi connectivity index (χ1) is 18.1. The summed E-state index contributed by atoms with van der Waals surface area (Å²) in [4.78, 5) is 16.1. The third-order valence-electron chi connectivity index (χ3n) is 6.30. The Hall–Kier alpha value is -4.39. The van der Waals surface area contributed by atoms with Gasteiger partial charge in [0.05, 0.1) is 12.6 Å². The molecule has 0 N–H and O–H groups in total. The lowest BCUT2D eigenvalue weighted by atomic mass is 10.0. The van der Waals surface area contributed by atoms with Crippen LogP contribution in [-0.4, -0.2) is 28.6 Å². The van der Waals surface area contributed by atoms with Crippen molar-refractivity contribution >= 4 is 22.4 Å². The van der Waals surface area contributed by atoms with E-state index < -0.39 is 11.6 Å². The van der Waals surface area contributed by atoms with Crippen LogP contribution in [0.2, 0.25) is 0 Å². The number of ether oxygens (including phenoxy) is 1. The molecule has 0 atom stereocenters. The number of rotatable bonds is 4. The van der Waals surface area contributed by atoms with Crippen molar-refractivity contribution in [2.24, 2.45) is 0 Å². The van der Waals surface area contributed by atoms with E-state index in [4.69, 9.17) is 14.7 Å². The van der Waals surface area contributed by atoms with Gasteiger partial charge in [0.15, 0.2) is 17.5 Å². The summed E-state index contributed by atoms with van der Waals surface area (Å²) in [7, 11) is 1.63. The largest absolute Gasteiger partial charge is 0.497 e. The first kappa shape index (κ1) is 24.3. The summed E-state index contributed by atoms with van der Waals surface area (Å²) in [6.07, 6.45) is 4.20. The number of hydrogen-bond acceptors (Lipinski definition) is 5. The van der Waals surface area contributed by atoms with E-state index in [9.17, 15) is 8.78 Å². The average molecular weight is 497 g/mol. The summed E-state index contributed by atoms with van der Waals surface area (Å²) in [5, 5.41) is 0.866. The van der Waals surface area contributed by atoms with Gasteiger partial charge < -0.3 is 9.64 Å². The van der Waals surface area contributed by atoms with E-state index >= 15 is 0 Å². The fraction of sp³-hybridized carbons (Fsp3) is 0.167. The Morgan fingerprint density at radius 1 is 0.892 bits per heavy atom. The number of fused-ring (bicyclic) bond motifs is 2. The van der Waals surface area contributed by atoms with Crippen molar-refractivity contribution in [1.29, 1.82) is 0 Å². The molecule has 186 valence electrons. The molecule has 7 heteroatoms. The van der Waals surface area contributed by atoms with Gasteiger partial charge in [0.25, 0.3) is 0 Å². The lowest BCUT2D eigenvalue weighted by Crippen LogP contribution is -2.16. The standard InChI is InChI=1S/C28H20F2N4O.C2H6/c1-35-20-8-9-24-22(15-20)28(33-27(32-24)19-4-3-12-31-16-19)34-13-11-18-14-17(7-10-25(18)34)21-5-2-6-23(29)26(21)30;1-2/h2-10,12,14-16H,11,13H2,1H3;1-2H3. The maximum atomic E-state index is 14.4. The number of hydrogen-bond donors (Lipinski definition) is 0. The van der Waals surface area contributed by atoms with Crippen LogP contribution in [0.5, 0.6) is 5.75 Å². The zero-order valence-electron chi connectivity index (χ0n) is 20.9. The first-order valence-electron chi connectivity index (χ1n) is 12.2. The highest BCUT2D eigenvalue weighted by molar-refractivity contribution is 5.95. The van der Waals surface area contributed by atoms with Gasteiger partial charge in [-0.15, -0.1) is 0 Å². The average Bonchev–Trinajstić information content (AvgIpc) is 3.38. The topological polar surface area (TPSA) is 51.1 Å². The molecule has 3 heterocycles. The van der Waals surface area contributed by atoms with Crippen molar-refractivity contribution in [2.75, 3.05) is 18.6 Å². The fourth-order valence-electron chi connectivity index (χ4n) is 4.56. The summed E-state index contributed by atoms with van der Waals surface area (Å²) in [5.74, 6) is 0.368. The van der Waals surface area contributed by atoms with Gasteiger partial charge in [-0.1, -0.05) is 32.0 Å². The number of halogens is 2. The molecule has 3 aromatic carbocycles. The number of nitrogens with zero attached hydrogens (tertiary/aromatic N) is 4. The molecular formula is C30H26F2N4O. The Labute approximate surface area is 214 Å². The lowest BCUT2D eigenvalue weighted by molar-refractivity contribution is 0.415. The molecule has 0 saturated carbocycles. The Kier molecular flexibility index (Phi) is 6.77. The van der Waals surface area contributed by atoms with Gasteiger partial charge in [-0.3, -0.25) is 4.98 Å². The molecule has 5 nitrogen and oxygen atoms in total. The molecule has 0 fully saturated rings. The van der Waals surface area contributed by atoms with Gasteiger partial charge in [-0.05, 0) is 66.1 Å². The van der Waals surface area contributed by atoms with Gasteiger partial charge in [0, 0.05) is 41.1 Å².